The van der Waals surface area contributed by atoms with Crippen LogP contribution in [0.4, 0.5) is 0 Å². The highest BCUT2D eigenvalue weighted by Gasteiger charge is 2.26. The number of sulfonamides is 1. The van der Waals surface area contributed by atoms with Crippen LogP contribution in [0.15, 0.2) is 23.1 Å². The smallest absolute Gasteiger partial charge is 0.335 e. The summed E-state index contributed by atoms with van der Waals surface area (Å²) in [6.45, 7) is 3.32. The lowest BCUT2D eigenvalue weighted by Crippen LogP contribution is -2.32. The van der Waals surface area contributed by atoms with Crippen molar-refractivity contribution >= 4 is 16.0 Å². The van der Waals surface area contributed by atoms with Crippen LogP contribution in [-0.2, 0) is 10.0 Å². The second-order valence-corrected chi connectivity index (χ2v) is 5.78. The number of rotatable bonds is 5. The van der Waals surface area contributed by atoms with Gasteiger partial charge in [0.2, 0.25) is 10.0 Å². The molecule has 0 heterocycles. The van der Waals surface area contributed by atoms with Crippen LogP contribution in [0, 0.1) is 19.3 Å². The third-order valence-electron chi connectivity index (χ3n) is 2.75. The largest absolute Gasteiger partial charge is 0.478 e. The summed E-state index contributed by atoms with van der Waals surface area (Å²) in [6, 6.07) is 4.16. The van der Waals surface area contributed by atoms with Crippen molar-refractivity contribution in [2.75, 3.05) is 13.1 Å². The van der Waals surface area contributed by atoms with Crippen molar-refractivity contribution in [3.8, 4) is 12.3 Å². The molecule has 0 aliphatic heterocycles. The Morgan fingerprint density at radius 2 is 2.11 bits per heavy atom. The molecule has 102 valence electrons. The summed E-state index contributed by atoms with van der Waals surface area (Å²) in [5.41, 5.74) is 0.184. The molecular formula is C13H15NO4S. The van der Waals surface area contributed by atoms with Crippen molar-refractivity contribution in [2.45, 2.75) is 18.7 Å². The summed E-state index contributed by atoms with van der Waals surface area (Å²) in [7, 11) is -3.77. The molecule has 0 unspecified atom stereocenters. The van der Waals surface area contributed by atoms with Crippen molar-refractivity contribution in [2.24, 2.45) is 0 Å². The van der Waals surface area contributed by atoms with E-state index in [0.29, 0.717) is 0 Å². The van der Waals surface area contributed by atoms with Crippen LogP contribution in [0.5, 0.6) is 0 Å². The highest BCUT2D eigenvalue weighted by Crippen LogP contribution is 2.22. The van der Waals surface area contributed by atoms with E-state index in [1.807, 2.05) is 0 Å². The molecule has 1 aromatic rings. The number of aromatic carboxylic acids is 1. The van der Waals surface area contributed by atoms with Crippen molar-refractivity contribution in [3.05, 3.63) is 29.3 Å². The summed E-state index contributed by atoms with van der Waals surface area (Å²) < 4.78 is 25.9. The first-order chi connectivity index (χ1) is 8.86. The molecule has 0 aliphatic rings. The lowest BCUT2D eigenvalue weighted by molar-refractivity contribution is 0.0696. The van der Waals surface area contributed by atoms with Gasteiger partial charge in [0.05, 0.1) is 17.0 Å². The van der Waals surface area contributed by atoms with E-state index in [-0.39, 0.29) is 29.1 Å². The Morgan fingerprint density at radius 3 is 2.58 bits per heavy atom. The summed E-state index contributed by atoms with van der Waals surface area (Å²) in [4.78, 5) is 11.0. The molecule has 0 amide bonds. The van der Waals surface area contributed by atoms with Gasteiger partial charge < -0.3 is 5.11 Å². The van der Waals surface area contributed by atoms with Gasteiger partial charge in [-0.05, 0) is 24.6 Å². The van der Waals surface area contributed by atoms with Gasteiger partial charge in [0.15, 0.2) is 0 Å². The van der Waals surface area contributed by atoms with E-state index >= 15 is 0 Å². The molecule has 1 aromatic carbocycles. The topological polar surface area (TPSA) is 74.7 Å². The Bertz CT molecular complexity index is 629. The Morgan fingerprint density at radius 1 is 1.47 bits per heavy atom. The lowest BCUT2D eigenvalue weighted by atomic mass is 10.1. The minimum absolute atomic E-state index is 0.0236. The van der Waals surface area contributed by atoms with Crippen LogP contribution in [0.2, 0.25) is 0 Å². The van der Waals surface area contributed by atoms with Crippen LogP contribution in [-0.4, -0.2) is 36.9 Å². The first-order valence-electron chi connectivity index (χ1n) is 5.62. The number of carboxylic acids is 1. The lowest BCUT2D eigenvalue weighted by Gasteiger charge is -2.19. The average molecular weight is 281 g/mol. The van der Waals surface area contributed by atoms with Gasteiger partial charge in [-0.25, -0.2) is 13.2 Å². The second-order valence-electron chi connectivity index (χ2n) is 3.87. The van der Waals surface area contributed by atoms with Gasteiger partial charge in [-0.15, -0.1) is 6.42 Å². The van der Waals surface area contributed by atoms with Gasteiger partial charge in [-0.3, -0.25) is 0 Å². The van der Waals surface area contributed by atoms with Gasteiger partial charge in [0, 0.05) is 6.54 Å². The summed E-state index contributed by atoms with van der Waals surface area (Å²) >= 11 is 0. The van der Waals surface area contributed by atoms with E-state index in [9.17, 15) is 13.2 Å². The van der Waals surface area contributed by atoms with Crippen LogP contribution >= 0.6 is 0 Å². The number of hydrogen-bond donors (Lipinski definition) is 1. The molecule has 1 rings (SSSR count). The number of nitrogens with zero attached hydrogens (tertiary/aromatic N) is 1. The van der Waals surface area contributed by atoms with Crippen molar-refractivity contribution in [1.29, 1.82) is 0 Å². The average Bonchev–Trinajstić information content (AvgIpc) is 2.35. The van der Waals surface area contributed by atoms with Gasteiger partial charge in [-0.1, -0.05) is 18.9 Å². The van der Waals surface area contributed by atoms with Gasteiger partial charge in [0.25, 0.3) is 0 Å². The van der Waals surface area contributed by atoms with E-state index in [1.165, 1.54) is 25.1 Å². The van der Waals surface area contributed by atoms with E-state index in [0.717, 1.165) is 4.31 Å². The molecule has 0 atom stereocenters. The SMILES string of the molecule is C#CCN(CC)S(=O)(=O)c1cccc(C(=O)O)c1C. The highest BCUT2D eigenvalue weighted by molar-refractivity contribution is 7.89. The maximum atomic E-state index is 12.4. The molecule has 1 N–H and O–H groups in total. The summed E-state index contributed by atoms with van der Waals surface area (Å²) in [5, 5.41) is 9.01. The Labute approximate surface area is 112 Å². The zero-order valence-electron chi connectivity index (χ0n) is 10.8. The Balaban J connectivity index is 3.42. The van der Waals surface area contributed by atoms with Crippen LogP contribution < -0.4 is 0 Å². The molecule has 0 bridgehead atoms. The maximum Gasteiger partial charge on any atom is 0.335 e. The zero-order chi connectivity index (χ0) is 14.6. The number of carboxylic acid groups (broad SMARTS) is 1. The van der Waals surface area contributed by atoms with Crippen molar-refractivity contribution in [1.82, 2.24) is 4.31 Å². The molecule has 0 aliphatic carbocycles. The molecule has 19 heavy (non-hydrogen) atoms. The van der Waals surface area contributed by atoms with E-state index in [2.05, 4.69) is 5.92 Å². The summed E-state index contributed by atoms with van der Waals surface area (Å²) in [6.07, 6.45) is 5.15. The molecule has 0 aromatic heterocycles. The molecule has 0 spiro atoms. The predicted octanol–water partition coefficient (Wildman–Crippen LogP) is 1.34. The number of terminal acetylenes is 1. The molecule has 6 heteroatoms. The van der Waals surface area contributed by atoms with Crippen LogP contribution in [0.3, 0.4) is 0 Å². The van der Waals surface area contributed by atoms with Gasteiger partial charge >= 0.3 is 5.97 Å². The first kappa shape index (κ1) is 15.2. The molecule has 0 saturated carbocycles. The molecule has 0 radical (unpaired) electrons. The quantitative estimate of drug-likeness (QED) is 0.826. The van der Waals surface area contributed by atoms with Gasteiger partial charge in [-0.2, -0.15) is 4.31 Å². The first-order valence-corrected chi connectivity index (χ1v) is 7.06. The minimum atomic E-state index is -3.77. The van der Waals surface area contributed by atoms with Gasteiger partial charge in [0.1, 0.15) is 0 Å². The fourth-order valence-corrected chi connectivity index (χ4v) is 3.34. The highest BCUT2D eigenvalue weighted by atomic mass is 32.2. The zero-order valence-corrected chi connectivity index (χ0v) is 11.6. The fraction of sp³-hybridized carbons (Fsp3) is 0.308. The molecule has 0 saturated heterocycles. The van der Waals surface area contributed by atoms with Crippen LogP contribution in [0.25, 0.3) is 0 Å². The number of hydrogen-bond acceptors (Lipinski definition) is 3. The standard InChI is InChI=1S/C13H15NO4S/c1-4-9-14(5-2)19(17,18)12-8-6-7-11(10(12)3)13(15)16/h1,6-8H,5,9H2,2-3H3,(H,15,16). The summed E-state index contributed by atoms with van der Waals surface area (Å²) in [5.74, 6) is 1.12. The third kappa shape index (κ3) is 2.95. The second kappa shape index (κ2) is 5.87. The third-order valence-corrected chi connectivity index (χ3v) is 4.82. The molecule has 5 nitrogen and oxygen atoms in total. The van der Waals surface area contributed by atoms with Crippen molar-refractivity contribution in [3.63, 3.8) is 0 Å². The number of benzene rings is 1. The monoisotopic (exact) mass is 281 g/mol. The van der Waals surface area contributed by atoms with Crippen molar-refractivity contribution < 1.29 is 18.3 Å². The number of carbonyl (C=O) groups is 1. The van der Waals surface area contributed by atoms with Crippen LogP contribution in [0.1, 0.15) is 22.8 Å². The molecular weight excluding hydrogens is 266 g/mol. The predicted molar refractivity (Wildman–Crippen MR) is 71.4 cm³/mol. The Kier molecular flexibility index (Phi) is 4.70. The maximum absolute atomic E-state index is 12.4. The Hall–Kier alpha value is -1.84. The van der Waals surface area contributed by atoms with E-state index in [1.54, 1.807) is 6.92 Å². The fourth-order valence-electron chi connectivity index (χ4n) is 1.73. The minimum Gasteiger partial charge on any atom is -0.478 e. The van der Waals surface area contributed by atoms with E-state index in [4.69, 9.17) is 11.5 Å². The van der Waals surface area contributed by atoms with E-state index < -0.39 is 16.0 Å². The molecule has 0 fully saturated rings. The normalized spacial score (nSPS) is 11.3.